The third-order valence-electron chi connectivity index (χ3n) is 0. The maximum Gasteiger partial charge on any atom is 0.316 e. The Bertz CT molecular complexity index is 8.00. The van der Waals surface area contributed by atoms with Gasteiger partial charge in [-0.3, -0.25) is 0 Å². The summed E-state index contributed by atoms with van der Waals surface area (Å²) in [5.41, 5.74) is 0. The smallest absolute Gasteiger partial charge is 0 e. The Hall–Kier alpha value is 3.29. The molecule has 0 N–H and O–H groups in total. The molecule has 16 valence electrons. The quantitative estimate of drug-likeness (QED) is 0.370. The van der Waals surface area contributed by atoms with Gasteiger partial charge in [0.25, 0.3) is 0 Å². The summed E-state index contributed by atoms with van der Waals surface area (Å²) in [6, 6.07) is 0. The minimum atomic E-state index is 0. The average Bonchev–Trinajstić information content (AvgIpc) is 0. The molecular weight excluding hydrogens is 199 g/mol. The van der Waals surface area contributed by atoms with E-state index in [9.17, 15) is 0 Å². The molecule has 4 heavy (non-hydrogen) atoms. The molecule has 0 aliphatic rings. The fourth-order valence-corrected chi connectivity index (χ4v) is 0. The van der Waals surface area contributed by atoms with E-state index in [2.05, 4.69) is 0 Å². The van der Waals surface area contributed by atoms with E-state index in [-0.39, 0.29) is 100 Å². The summed E-state index contributed by atoms with van der Waals surface area (Å²) in [7, 11) is 0. The van der Waals surface area contributed by atoms with Crippen molar-refractivity contribution in [1.29, 1.82) is 0 Å². The monoisotopic (exact) mass is 204 g/mol. The van der Waals surface area contributed by atoms with Crippen LogP contribution in [0.5, 0.6) is 0 Å². The molecule has 0 amide bonds. The standard InChI is InChI=1S/Ca.Ga.Mg.Zn.7H. The summed E-state index contributed by atoms with van der Waals surface area (Å²) in [4.78, 5) is 0. The maximum atomic E-state index is 0. The Morgan fingerprint density at radius 3 is 1.00 bits per heavy atom. The Balaban J connectivity index is 0. The number of hydrogen-bond donors (Lipinski definition) is 0. The number of rotatable bonds is 0. The summed E-state index contributed by atoms with van der Waals surface area (Å²) in [6.07, 6.45) is 0. The summed E-state index contributed by atoms with van der Waals surface area (Å²) in [5, 5.41) is 0. The second-order valence-corrected chi connectivity index (χ2v) is 0. The van der Waals surface area contributed by atoms with Crippen LogP contribution >= 0.6 is 0 Å². The van der Waals surface area contributed by atoms with Gasteiger partial charge in [-0.1, -0.05) is 0 Å². The molecule has 0 unspecified atom stereocenters. The van der Waals surface area contributed by atoms with Gasteiger partial charge in [0.1, 0.15) is 0 Å². The molecule has 0 spiro atoms. The van der Waals surface area contributed by atoms with Gasteiger partial charge in [0.05, 0.1) is 0 Å². The van der Waals surface area contributed by atoms with Gasteiger partial charge in [0, 0.05) is 19.5 Å². The fourth-order valence-electron chi connectivity index (χ4n) is 0. The third kappa shape index (κ3) is 8.99. The Labute approximate surface area is 97.8 Å². The van der Waals surface area contributed by atoms with Crippen LogP contribution in [0.2, 0.25) is 0 Å². The van der Waals surface area contributed by atoms with Crippen molar-refractivity contribution < 1.29 is 19.5 Å². The second-order valence-electron chi connectivity index (χ2n) is 0. The summed E-state index contributed by atoms with van der Waals surface area (Å²) < 4.78 is 0. The third-order valence-corrected chi connectivity index (χ3v) is 0. The predicted molar refractivity (Wildman–Crippen MR) is 27.0 cm³/mol. The molecule has 0 saturated carbocycles. The van der Waals surface area contributed by atoms with Crippen LogP contribution in [0.15, 0.2) is 0 Å². The van der Waals surface area contributed by atoms with Crippen molar-refractivity contribution in [1.82, 2.24) is 0 Å². The van der Waals surface area contributed by atoms with Crippen LogP contribution in [0.4, 0.5) is 0 Å². The number of hydrogen-bond acceptors (Lipinski definition) is 0. The van der Waals surface area contributed by atoms with E-state index >= 15 is 0 Å². The van der Waals surface area contributed by atoms with E-state index in [0.29, 0.717) is 0 Å². The molecule has 0 nitrogen and oxygen atoms in total. The van der Waals surface area contributed by atoms with Crippen LogP contribution in [0.25, 0.3) is 0 Å². The van der Waals surface area contributed by atoms with Gasteiger partial charge < -0.3 is 0 Å². The van der Waals surface area contributed by atoms with E-state index in [1.54, 1.807) is 0 Å². The van der Waals surface area contributed by atoms with E-state index in [4.69, 9.17) is 0 Å². The molecule has 0 heterocycles. The summed E-state index contributed by atoms with van der Waals surface area (Å²) >= 11 is 0. The molecule has 0 radical (unpaired) electrons. The van der Waals surface area contributed by atoms with Crippen LogP contribution in [0.3, 0.4) is 0 Å². The SMILES string of the molecule is [CaH2].[GaH3].[MgH2].[Zn]. The van der Waals surface area contributed by atoms with Crippen LogP contribution < -0.4 is 0 Å². The van der Waals surface area contributed by atoms with Crippen molar-refractivity contribution in [2.24, 2.45) is 0 Å². The van der Waals surface area contributed by atoms with E-state index in [0.717, 1.165) is 0 Å². The largest absolute Gasteiger partial charge is 0.316 e. The molecular formula is H7CaGaMgZn. The molecule has 0 bridgehead atoms. The normalized spacial score (nSPS) is 0. The maximum absolute atomic E-state index is 0. The second kappa shape index (κ2) is 16.3. The molecule has 0 rings (SSSR count). The molecule has 0 saturated heterocycles. The predicted octanol–water partition coefficient (Wildman–Crippen LogP) is -3.02. The van der Waals surface area contributed by atoms with Gasteiger partial charge in [0.2, 0.25) is 0 Å². The first kappa shape index (κ1) is 26.7. The van der Waals surface area contributed by atoms with E-state index in [1.807, 2.05) is 0 Å². The first-order valence-electron chi connectivity index (χ1n) is 0. The molecule has 0 aliphatic carbocycles. The Morgan fingerprint density at radius 1 is 1.00 bits per heavy atom. The molecule has 4 heteroatoms. The van der Waals surface area contributed by atoms with E-state index < -0.39 is 0 Å². The summed E-state index contributed by atoms with van der Waals surface area (Å²) in [6.45, 7) is 0. The van der Waals surface area contributed by atoms with E-state index in [1.165, 1.54) is 0 Å². The fraction of sp³-hybridized carbons (Fsp3) is 0. The van der Waals surface area contributed by atoms with Crippen molar-refractivity contribution in [3.63, 3.8) is 0 Å². The zero-order chi connectivity index (χ0) is 0. The van der Waals surface area contributed by atoms with Gasteiger partial charge in [-0.2, -0.15) is 0 Å². The minimum Gasteiger partial charge on any atom is 0 e. The molecule has 0 aliphatic heterocycles. The zero-order valence-corrected chi connectivity index (χ0v) is 3.67. The average molecular weight is 207 g/mol. The van der Waals surface area contributed by atoms with Gasteiger partial charge in [-0.05, 0) is 0 Å². The van der Waals surface area contributed by atoms with Crippen LogP contribution in [0, 0.1) is 0 Å². The van der Waals surface area contributed by atoms with Crippen molar-refractivity contribution in [2.75, 3.05) is 0 Å². The first-order valence-corrected chi connectivity index (χ1v) is 0. The van der Waals surface area contributed by atoms with Gasteiger partial charge in [0.15, 0.2) is 0 Å². The van der Waals surface area contributed by atoms with Gasteiger partial charge >= 0.3 is 80.6 Å². The van der Waals surface area contributed by atoms with Crippen molar-refractivity contribution in [3.05, 3.63) is 0 Å². The Kier molecular flexibility index (Phi) is 108. The molecule has 0 aromatic heterocycles. The zero-order valence-electron chi connectivity index (χ0n) is 0.707. The van der Waals surface area contributed by atoms with Crippen molar-refractivity contribution in [3.8, 4) is 0 Å². The molecule has 0 atom stereocenters. The van der Waals surface area contributed by atoms with Crippen LogP contribution in [0.1, 0.15) is 0 Å². The topological polar surface area (TPSA) is 0 Å². The molecule has 0 fully saturated rings. The van der Waals surface area contributed by atoms with Crippen LogP contribution in [-0.4, -0.2) is 80.6 Å². The van der Waals surface area contributed by atoms with Crippen molar-refractivity contribution in [2.45, 2.75) is 0 Å². The minimum absolute atomic E-state index is 0. The Morgan fingerprint density at radius 2 is 1.00 bits per heavy atom. The first-order chi connectivity index (χ1) is 0. The van der Waals surface area contributed by atoms with Gasteiger partial charge in [-0.25, -0.2) is 0 Å². The van der Waals surface area contributed by atoms with Crippen molar-refractivity contribution >= 4 is 80.6 Å². The van der Waals surface area contributed by atoms with Gasteiger partial charge in [-0.15, -0.1) is 0 Å². The van der Waals surface area contributed by atoms with Crippen LogP contribution in [-0.2, 0) is 19.5 Å². The molecule has 0 aromatic carbocycles. The molecule has 0 aromatic rings. The summed E-state index contributed by atoms with van der Waals surface area (Å²) in [5.74, 6) is 0.